The minimum atomic E-state index is 0.582. The van der Waals surface area contributed by atoms with Crippen molar-refractivity contribution in [2.24, 2.45) is 5.92 Å². The fourth-order valence-electron chi connectivity index (χ4n) is 1.19. The largest absolute Gasteiger partial charge is 0.495 e. The highest BCUT2D eigenvalue weighted by molar-refractivity contribution is 6.30. The molecule has 0 bridgehead atoms. The highest BCUT2D eigenvalue weighted by Gasteiger charge is 2.09. The van der Waals surface area contributed by atoms with Gasteiger partial charge in [-0.1, -0.05) is 39.0 Å². The molecule has 0 spiro atoms. The summed E-state index contributed by atoms with van der Waals surface area (Å²) in [5.74, 6) is 1.34. The van der Waals surface area contributed by atoms with Crippen molar-refractivity contribution in [3.05, 3.63) is 22.9 Å². The molecule has 0 heterocycles. The molecule has 0 fully saturated rings. The summed E-state index contributed by atoms with van der Waals surface area (Å²) in [6, 6.07) is 0. The summed E-state index contributed by atoms with van der Waals surface area (Å²) in [6.07, 6.45) is 1.72. The number of ether oxygens (including phenoxy) is 1. The van der Waals surface area contributed by atoms with Crippen molar-refractivity contribution in [2.75, 3.05) is 7.11 Å². The molecule has 0 aliphatic rings. The van der Waals surface area contributed by atoms with E-state index >= 15 is 0 Å². The summed E-state index contributed by atoms with van der Waals surface area (Å²) < 4.78 is 5.21. The normalized spacial score (nSPS) is 12.8. The first-order valence-corrected chi connectivity index (χ1v) is 5.01. The van der Waals surface area contributed by atoms with Crippen molar-refractivity contribution in [2.45, 2.75) is 33.6 Å². The highest BCUT2D eigenvalue weighted by Crippen LogP contribution is 2.24. The Bertz CT molecular complexity index is 204. The molecule has 0 amide bonds. The Balaban J connectivity index is 4.50. The van der Waals surface area contributed by atoms with Crippen LogP contribution >= 0.6 is 11.6 Å². The maximum Gasteiger partial charge on any atom is 0.135 e. The summed E-state index contributed by atoms with van der Waals surface area (Å²) in [4.78, 5) is 0. The van der Waals surface area contributed by atoms with E-state index in [1.54, 1.807) is 7.11 Å². The van der Waals surface area contributed by atoms with Crippen molar-refractivity contribution in [3.63, 3.8) is 0 Å². The molecule has 0 aromatic rings. The predicted molar refractivity (Wildman–Crippen MR) is 58.8 cm³/mol. The predicted octanol–water partition coefficient (Wildman–Crippen LogP) is 4.10. The van der Waals surface area contributed by atoms with Crippen LogP contribution in [-0.2, 0) is 4.74 Å². The first kappa shape index (κ1) is 12.6. The molecule has 0 atom stereocenters. The van der Waals surface area contributed by atoms with Gasteiger partial charge >= 0.3 is 0 Å². The number of hydrogen-bond donors (Lipinski definition) is 0. The van der Waals surface area contributed by atoms with Gasteiger partial charge in [0, 0.05) is 0 Å². The Morgan fingerprint density at radius 2 is 2.00 bits per heavy atom. The highest BCUT2D eigenvalue weighted by atomic mass is 35.5. The van der Waals surface area contributed by atoms with Crippen LogP contribution < -0.4 is 0 Å². The van der Waals surface area contributed by atoms with Gasteiger partial charge < -0.3 is 4.74 Å². The molecule has 0 saturated heterocycles. The molecule has 0 N–H and O–H groups in total. The number of methoxy groups -OCH3 is 1. The quantitative estimate of drug-likeness (QED) is 0.482. The first-order chi connectivity index (χ1) is 6.02. The zero-order valence-electron chi connectivity index (χ0n) is 8.98. The van der Waals surface area contributed by atoms with Crippen LogP contribution in [0.2, 0.25) is 0 Å². The van der Waals surface area contributed by atoms with Gasteiger partial charge in [0.2, 0.25) is 0 Å². The van der Waals surface area contributed by atoms with Gasteiger partial charge in [0.25, 0.3) is 0 Å². The number of allylic oxidation sites excluding steroid dienone is 2. The number of hydrogen-bond acceptors (Lipinski definition) is 1. The molecule has 76 valence electrons. The fourth-order valence-corrected chi connectivity index (χ4v) is 1.40. The van der Waals surface area contributed by atoms with E-state index in [9.17, 15) is 0 Å². The first-order valence-electron chi connectivity index (χ1n) is 4.63. The molecule has 0 rings (SSSR count). The lowest BCUT2D eigenvalue weighted by Gasteiger charge is -2.13. The maximum absolute atomic E-state index is 6.00. The van der Waals surface area contributed by atoms with Crippen LogP contribution in [0.25, 0.3) is 0 Å². The fraction of sp³-hybridized carbons (Fsp3) is 0.636. The monoisotopic (exact) mass is 202 g/mol. The number of halogens is 1. The Hall–Kier alpha value is -0.430. The molecule has 0 aromatic heterocycles. The lowest BCUT2D eigenvalue weighted by Crippen LogP contribution is -1.98. The van der Waals surface area contributed by atoms with E-state index < -0.39 is 0 Å². The van der Waals surface area contributed by atoms with Crippen molar-refractivity contribution in [1.82, 2.24) is 0 Å². The van der Waals surface area contributed by atoms with Crippen molar-refractivity contribution in [1.29, 1.82) is 0 Å². The van der Waals surface area contributed by atoms with Crippen molar-refractivity contribution in [3.8, 4) is 0 Å². The van der Waals surface area contributed by atoms with Crippen LogP contribution in [0.5, 0.6) is 0 Å². The minimum Gasteiger partial charge on any atom is -0.495 e. The van der Waals surface area contributed by atoms with Crippen molar-refractivity contribution >= 4 is 11.6 Å². The molecule has 13 heavy (non-hydrogen) atoms. The topological polar surface area (TPSA) is 9.23 Å². The van der Waals surface area contributed by atoms with Crippen LogP contribution in [0, 0.1) is 5.92 Å². The Labute approximate surface area is 86.4 Å². The minimum absolute atomic E-state index is 0.582. The SMILES string of the molecule is C=C(CC(C)C)/C(OC)=C(/Cl)CC. The van der Waals surface area contributed by atoms with Crippen molar-refractivity contribution < 1.29 is 4.74 Å². The second-order valence-electron chi connectivity index (χ2n) is 3.49. The van der Waals surface area contributed by atoms with E-state index in [4.69, 9.17) is 16.3 Å². The third kappa shape index (κ3) is 4.37. The third-order valence-corrected chi connectivity index (χ3v) is 2.18. The van der Waals surface area contributed by atoms with E-state index in [0.29, 0.717) is 5.92 Å². The lowest BCUT2D eigenvalue weighted by molar-refractivity contribution is 0.293. The van der Waals surface area contributed by atoms with Gasteiger partial charge in [-0.05, 0) is 24.3 Å². The Kier molecular flexibility index (Phi) is 5.89. The van der Waals surface area contributed by atoms with Crippen LogP contribution in [0.3, 0.4) is 0 Å². The molecule has 0 radical (unpaired) electrons. The van der Waals surface area contributed by atoms with Crippen LogP contribution in [0.4, 0.5) is 0 Å². The molecule has 0 aromatic carbocycles. The lowest BCUT2D eigenvalue weighted by atomic mass is 10.0. The van der Waals surface area contributed by atoms with Gasteiger partial charge in [0.15, 0.2) is 0 Å². The summed E-state index contributed by atoms with van der Waals surface area (Å²) >= 11 is 6.00. The average Bonchev–Trinajstić information content (AvgIpc) is 2.03. The molecular weight excluding hydrogens is 184 g/mol. The zero-order valence-corrected chi connectivity index (χ0v) is 9.74. The van der Waals surface area contributed by atoms with Crippen LogP contribution in [-0.4, -0.2) is 7.11 Å². The van der Waals surface area contributed by atoms with Gasteiger partial charge in [-0.2, -0.15) is 0 Å². The Morgan fingerprint density at radius 1 is 1.46 bits per heavy atom. The van der Waals surface area contributed by atoms with Crippen LogP contribution in [0.15, 0.2) is 22.9 Å². The summed E-state index contributed by atoms with van der Waals surface area (Å²) in [5, 5.41) is 0.758. The third-order valence-electron chi connectivity index (χ3n) is 1.74. The van der Waals surface area contributed by atoms with Gasteiger partial charge in [-0.15, -0.1) is 0 Å². The zero-order chi connectivity index (χ0) is 10.4. The molecule has 1 nitrogen and oxygen atoms in total. The van der Waals surface area contributed by atoms with Gasteiger partial charge in [-0.3, -0.25) is 0 Å². The van der Waals surface area contributed by atoms with Gasteiger partial charge in [0.1, 0.15) is 5.76 Å². The number of rotatable bonds is 5. The van der Waals surface area contributed by atoms with E-state index in [2.05, 4.69) is 20.4 Å². The van der Waals surface area contributed by atoms with Crippen LogP contribution in [0.1, 0.15) is 33.6 Å². The average molecular weight is 203 g/mol. The molecule has 0 aliphatic heterocycles. The standard InChI is InChI=1S/C11H19ClO/c1-6-10(12)11(13-5)9(4)7-8(2)3/h8H,4,6-7H2,1-3,5H3/b11-10-. The smallest absolute Gasteiger partial charge is 0.135 e. The summed E-state index contributed by atoms with van der Waals surface area (Å²) in [7, 11) is 1.64. The molecule has 0 unspecified atom stereocenters. The summed E-state index contributed by atoms with van der Waals surface area (Å²) in [6.45, 7) is 10.3. The van der Waals surface area contributed by atoms with E-state index in [-0.39, 0.29) is 0 Å². The second-order valence-corrected chi connectivity index (χ2v) is 3.95. The molecule has 0 aliphatic carbocycles. The summed E-state index contributed by atoms with van der Waals surface area (Å²) in [5.41, 5.74) is 0.990. The molecule has 2 heteroatoms. The van der Waals surface area contributed by atoms with Gasteiger partial charge in [-0.25, -0.2) is 0 Å². The Morgan fingerprint density at radius 3 is 2.31 bits per heavy atom. The molecular formula is C11H19ClO. The van der Waals surface area contributed by atoms with E-state index in [1.165, 1.54) is 0 Å². The molecule has 0 saturated carbocycles. The second kappa shape index (κ2) is 6.09. The maximum atomic E-state index is 6.00. The van der Waals surface area contributed by atoms with E-state index in [1.807, 2.05) is 6.92 Å². The van der Waals surface area contributed by atoms with Gasteiger partial charge in [0.05, 0.1) is 12.1 Å². The van der Waals surface area contributed by atoms with E-state index in [0.717, 1.165) is 29.2 Å².